The number of carbonyl (C=O) groups excluding carboxylic acids is 5. The van der Waals surface area contributed by atoms with E-state index in [-0.39, 0.29) is 32.5 Å². The Morgan fingerprint density at radius 2 is 1.82 bits per heavy atom. The van der Waals surface area contributed by atoms with Crippen LogP contribution >= 0.6 is 0 Å². The van der Waals surface area contributed by atoms with Crippen LogP contribution in [0.4, 0.5) is 14.0 Å². The van der Waals surface area contributed by atoms with Crippen LogP contribution < -0.4 is 15.4 Å². The Morgan fingerprint density at radius 3 is 2.39 bits per heavy atom. The Labute approximate surface area is 297 Å². The van der Waals surface area contributed by atoms with Crippen LogP contribution in [0.25, 0.3) is 0 Å². The average Bonchev–Trinajstić information content (AvgIpc) is 3.93. The van der Waals surface area contributed by atoms with Gasteiger partial charge in [-0.1, -0.05) is 44.6 Å². The first kappa shape index (κ1) is 38.0. The Kier molecular flexibility index (Phi) is 10.5. The molecule has 0 bridgehead atoms. The average molecular weight is 734 g/mol. The van der Waals surface area contributed by atoms with Crippen LogP contribution in [0.3, 0.4) is 0 Å². The van der Waals surface area contributed by atoms with E-state index in [0.29, 0.717) is 36.0 Å². The first-order chi connectivity index (χ1) is 23.8. The smallest absolute Gasteiger partial charge is 0.410 e. The van der Waals surface area contributed by atoms with E-state index in [9.17, 15) is 36.8 Å². The number of carbonyl (C=O) groups is 5. The van der Waals surface area contributed by atoms with Crippen LogP contribution in [-0.4, -0.2) is 89.2 Å². The number of nitrogens with one attached hydrogen (secondary N) is 3. The fraction of sp³-hybridized carbons (Fsp3) is 0.629. The number of fused-ring (bicyclic) bond motifs is 1. The number of nitrogens with zero attached hydrogens (tertiary/aromatic N) is 2. The predicted octanol–water partition coefficient (Wildman–Crippen LogP) is 3.25. The van der Waals surface area contributed by atoms with Crippen LogP contribution in [0, 0.1) is 17.7 Å². The van der Waals surface area contributed by atoms with Crippen molar-refractivity contribution in [2.75, 3.05) is 6.54 Å². The van der Waals surface area contributed by atoms with E-state index < -0.39 is 92.2 Å². The lowest BCUT2D eigenvalue weighted by atomic mass is 9.97. The van der Waals surface area contributed by atoms with Crippen LogP contribution in [0.1, 0.15) is 84.8 Å². The molecule has 3 fully saturated rings. The molecule has 51 heavy (non-hydrogen) atoms. The molecule has 14 nitrogen and oxygen atoms in total. The number of likely N-dealkylation sites (tertiary alicyclic amines) is 1. The minimum absolute atomic E-state index is 0.0142. The van der Waals surface area contributed by atoms with Gasteiger partial charge in [0.1, 0.15) is 35.1 Å². The second-order valence-electron chi connectivity index (χ2n) is 15.2. The summed E-state index contributed by atoms with van der Waals surface area (Å²) in [6.07, 6.45) is -1.31. The lowest BCUT2D eigenvalue weighted by molar-refractivity contribution is -0.142. The van der Waals surface area contributed by atoms with Gasteiger partial charge in [-0.2, -0.15) is 0 Å². The van der Waals surface area contributed by atoms with Crippen molar-refractivity contribution in [3.8, 4) is 0 Å². The number of hydrogen-bond donors (Lipinski definition) is 3. The Hall–Kier alpha value is -4.21. The fourth-order valence-electron chi connectivity index (χ4n) is 6.69. The molecule has 6 unspecified atom stereocenters. The lowest BCUT2D eigenvalue weighted by Crippen LogP contribution is -2.59. The molecule has 280 valence electrons. The Bertz CT molecular complexity index is 1730. The summed E-state index contributed by atoms with van der Waals surface area (Å²) in [6, 6.07) is 2.18. The molecule has 0 radical (unpaired) electrons. The molecule has 5 rings (SSSR count). The topological polar surface area (TPSA) is 181 Å². The lowest BCUT2D eigenvalue weighted by Gasteiger charge is -2.32. The van der Waals surface area contributed by atoms with Gasteiger partial charge in [-0.3, -0.25) is 24.0 Å². The highest BCUT2D eigenvalue weighted by atomic mass is 32.2. The van der Waals surface area contributed by atoms with E-state index in [2.05, 4.69) is 21.9 Å². The third-order valence-corrected chi connectivity index (χ3v) is 11.8. The number of sulfonamides is 1. The van der Waals surface area contributed by atoms with E-state index in [1.165, 1.54) is 15.9 Å². The number of ether oxygens (including phenoxy) is 2. The van der Waals surface area contributed by atoms with E-state index in [1.807, 2.05) is 6.92 Å². The Balaban J connectivity index is 1.39. The van der Waals surface area contributed by atoms with Crippen LogP contribution in [0.5, 0.6) is 0 Å². The van der Waals surface area contributed by atoms with Crippen molar-refractivity contribution < 1.29 is 46.3 Å². The van der Waals surface area contributed by atoms with Gasteiger partial charge in [0.25, 0.3) is 5.91 Å². The number of rotatable bonds is 11. The standard InChI is InChI=1S/C35H48FN5O9S/c1-8-20(4)28(37-32(45)50-34(5,6)7)30(43)41-17-22(49-33(46)40-16-21-10-9-11-26(36)24(21)18-40)14-27(41)29(42)38-35(15-25(35)19(2)3)31(44)39-51(47,48)23-12-13-23/h9-11,20,22-23,25,27-28H,2,8,12-18H2,1,3-7H3,(H,37,45)(H,38,42)(H,39,44). The zero-order chi connectivity index (χ0) is 37.6. The molecule has 3 N–H and O–H groups in total. The first-order valence-electron chi connectivity index (χ1n) is 17.3. The second kappa shape index (κ2) is 14.1. The minimum atomic E-state index is -3.94. The summed E-state index contributed by atoms with van der Waals surface area (Å²) in [5, 5.41) is 4.70. The summed E-state index contributed by atoms with van der Waals surface area (Å²) in [7, 11) is -3.94. The van der Waals surface area contributed by atoms with Crippen molar-refractivity contribution in [3.05, 3.63) is 47.3 Å². The maximum Gasteiger partial charge on any atom is 0.410 e. The summed E-state index contributed by atoms with van der Waals surface area (Å²) in [5.74, 6) is -3.70. The van der Waals surface area contributed by atoms with Crippen molar-refractivity contribution >= 4 is 39.9 Å². The molecule has 5 amide bonds. The van der Waals surface area contributed by atoms with Crippen molar-refractivity contribution in [1.82, 2.24) is 25.2 Å². The molecule has 1 aromatic carbocycles. The molecule has 6 atom stereocenters. The minimum Gasteiger partial charge on any atom is -0.444 e. The van der Waals surface area contributed by atoms with E-state index >= 15 is 0 Å². The molecule has 16 heteroatoms. The molecule has 1 saturated heterocycles. The van der Waals surface area contributed by atoms with Crippen LogP contribution in [0.15, 0.2) is 30.4 Å². The van der Waals surface area contributed by atoms with E-state index in [4.69, 9.17) is 9.47 Å². The highest BCUT2D eigenvalue weighted by Gasteiger charge is 2.63. The number of alkyl carbamates (subject to hydrolysis) is 1. The summed E-state index contributed by atoms with van der Waals surface area (Å²) < 4.78 is 53.1. The van der Waals surface area contributed by atoms with Crippen molar-refractivity contribution in [2.45, 2.75) is 121 Å². The largest absolute Gasteiger partial charge is 0.444 e. The van der Waals surface area contributed by atoms with Gasteiger partial charge in [-0.15, -0.1) is 0 Å². The number of benzene rings is 1. The number of hydrogen-bond acceptors (Lipinski definition) is 9. The molecule has 2 heterocycles. The third kappa shape index (κ3) is 8.31. The quantitative estimate of drug-likeness (QED) is 0.288. The second-order valence-corrected chi connectivity index (χ2v) is 17.2. The van der Waals surface area contributed by atoms with Gasteiger partial charge in [0, 0.05) is 24.4 Å². The fourth-order valence-corrected chi connectivity index (χ4v) is 8.05. The van der Waals surface area contributed by atoms with E-state index in [1.54, 1.807) is 46.8 Å². The molecule has 0 aromatic heterocycles. The summed E-state index contributed by atoms with van der Waals surface area (Å²) in [4.78, 5) is 70.7. The zero-order valence-electron chi connectivity index (χ0n) is 29.9. The molecular formula is C35H48FN5O9S. The van der Waals surface area contributed by atoms with Crippen LogP contribution in [-0.2, 0) is 47.0 Å². The molecule has 2 saturated carbocycles. The van der Waals surface area contributed by atoms with Gasteiger partial charge in [0.15, 0.2) is 0 Å². The molecular weight excluding hydrogens is 685 g/mol. The van der Waals surface area contributed by atoms with Crippen LogP contribution in [0.2, 0.25) is 0 Å². The maximum atomic E-state index is 14.4. The summed E-state index contributed by atoms with van der Waals surface area (Å²) in [6.45, 7) is 14.1. The van der Waals surface area contributed by atoms with E-state index in [0.717, 1.165) is 0 Å². The Morgan fingerprint density at radius 1 is 1.14 bits per heavy atom. The summed E-state index contributed by atoms with van der Waals surface area (Å²) in [5.41, 5.74) is -0.900. The molecule has 2 aliphatic heterocycles. The predicted molar refractivity (Wildman–Crippen MR) is 183 cm³/mol. The van der Waals surface area contributed by atoms with Crippen molar-refractivity contribution in [3.63, 3.8) is 0 Å². The number of halogens is 1. The maximum absolute atomic E-state index is 14.4. The monoisotopic (exact) mass is 733 g/mol. The van der Waals surface area contributed by atoms with Gasteiger partial charge in [-0.05, 0) is 64.5 Å². The highest BCUT2D eigenvalue weighted by molar-refractivity contribution is 7.91. The normalized spacial score (nSPS) is 25.3. The highest BCUT2D eigenvalue weighted by Crippen LogP contribution is 2.49. The van der Waals surface area contributed by atoms with Crippen molar-refractivity contribution in [2.24, 2.45) is 11.8 Å². The number of amides is 5. The summed E-state index contributed by atoms with van der Waals surface area (Å²) >= 11 is 0. The molecule has 4 aliphatic rings. The van der Waals surface area contributed by atoms with Gasteiger partial charge < -0.3 is 25.0 Å². The first-order valence-corrected chi connectivity index (χ1v) is 18.9. The van der Waals surface area contributed by atoms with Gasteiger partial charge in [0.05, 0.1) is 18.3 Å². The zero-order valence-corrected chi connectivity index (χ0v) is 30.7. The van der Waals surface area contributed by atoms with Crippen molar-refractivity contribution in [1.29, 1.82) is 0 Å². The molecule has 2 aliphatic carbocycles. The van der Waals surface area contributed by atoms with Gasteiger partial charge in [0.2, 0.25) is 21.8 Å². The molecule has 1 aromatic rings. The molecule has 0 spiro atoms. The van der Waals surface area contributed by atoms with Gasteiger partial charge >= 0.3 is 12.2 Å². The third-order valence-electron chi connectivity index (χ3n) is 9.96. The van der Waals surface area contributed by atoms with Gasteiger partial charge in [-0.25, -0.2) is 22.4 Å². The SMILES string of the molecule is C=C(C)C1CC1(NC(=O)C1CC(OC(=O)N2Cc3cccc(F)c3C2)CN1C(=O)C(NC(=O)OC(C)(C)C)C(C)CC)C(=O)NS(=O)(=O)C1CC1.